The summed E-state index contributed by atoms with van der Waals surface area (Å²) in [6.45, 7) is 7.02. The molecule has 37 heavy (non-hydrogen) atoms. The third-order valence-electron chi connectivity index (χ3n) is 5.91. The van der Waals surface area contributed by atoms with Gasteiger partial charge in [0.15, 0.2) is 0 Å². The molecule has 3 rings (SSSR count). The van der Waals surface area contributed by atoms with E-state index >= 15 is 0 Å². The molecule has 4 N–H and O–H groups in total. The molecule has 0 spiro atoms. The molecule has 1 aromatic carbocycles. The number of anilines is 1. The van der Waals surface area contributed by atoms with Crippen molar-refractivity contribution in [3.63, 3.8) is 0 Å². The number of carbonyl (C=O) groups is 3. The van der Waals surface area contributed by atoms with Crippen LogP contribution in [0, 0.1) is 0 Å². The summed E-state index contributed by atoms with van der Waals surface area (Å²) in [5.74, 6) is -0.667. The molecule has 0 saturated carbocycles. The normalized spacial score (nSPS) is 14.9. The summed E-state index contributed by atoms with van der Waals surface area (Å²) in [5.41, 5.74) is 2.14. The smallest absolute Gasteiger partial charge is 0.321 e. The number of hydrogen-bond donors (Lipinski definition) is 4. The number of carbonyl (C=O) groups excluding carboxylic acids is 2. The van der Waals surface area contributed by atoms with Crippen LogP contribution < -0.4 is 20.7 Å². The van der Waals surface area contributed by atoms with Crippen molar-refractivity contribution in [2.75, 3.05) is 25.5 Å². The van der Waals surface area contributed by atoms with Crippen molar-refractivity contribution in [3.05, 3.63) is 42.0 Å². The fraction of sp³-hybridized carbons (Fsp3) is 0.538. The number of carboxylic acids is 1. The van der Waals surface area contributed by atoms with Gasteiger partial charge in [-0.05, 0) is 46.4 Å². The van der Waals surface area contributed by atoms with Crippen molar-refractivity contribution < 1.29 is 29.0 Å². The Morgan fingerprint density at radius 2 is 2.05 bits per heavy atom. The van der Waals surface area contributed by atoms with Gasteiger partial charge in [-0.3, -0.25) is 14.4 Å². The number of hydrogen-bond acceptors (Lipinski definition) is 8. The number of carboxylic acid groups (broad SMARTS) is 1. The average Bonchev–Trinajstić information content (AvgIpc) is 3.29. The predicted octanol–water partition coefficient (Wildman–Crippen LogP) is 1.75. The summed E-state index contributed by atoms with van der Waals surface area (Å²) >= 11 is 0. The van der Waals surface area contributed by atoms with Crippen molar-refractivity contribution in [3.8, 4) is 5.75 Å². The fourth-order valence-electron chi connectivity index (χ4n) is 3.89. The van der Waals surface area contributed by atoms with Crippen LogP contribution in [0.1, 0.15) is 44.9 Å². The molecule has 2 unspecified atom stereocenters. The van der Waals surface area contributed by atoms with Crippen LogP contribution in [0.15, 0.2) is 30.7 Å². The van der Waals surface area contributed by atoms with E-state index in [-0.39, 0.29) is 36.9 Å². The Hall–Kier alpha value is -3.44. The van der Waals surface area contributed by atoms with Crippen LogP contribution in [0.3, 0.4) is 0 Å². The molecule has 1 aromatic heterocycles. The molecule has 1 aliphatic rings. The van der Waals surface area contributed by atoms with Crippen molar-refractivity contribution in [1.82, 2.24) is 20.2 Å². The predicted molar refractivity (Wildman–Crippen MR) is 138 cm³/mol. The van der Waals surface area contributed by atoms with Crippen LogP contribution in [0.5, 0.6) is 5.75 Å². The highest BCUT2D eigenvalue weighted by Crippen LogP contribution is 2.31. The lowest BCUT2D eigenvalue weighted by atomic mass is 10.0. The maximum absolute atomic E-state index is 12.7. The molecular formula is C26H37N5O6. The Kier molecular flexibility index (Phi) is 9.65. The molecule has 1 amide bonds. The third kappa shape index (κ3) is 8.87. The Labute approximate surface area is 216 Å². The highest BCUT2D eigenvalue weighted by atomic mass is 16.6. The van der Waals surface area contributed by atoms with Crippen LogP contribution in [0.2, 0.25) is 0 Å². The molecule has 2 atom stereocenters. The minimum absolute atomic E-state index is 0.0143. The SMILES string of the molecule is CNC(Cc1cn(CCC(=O)OC(CNC(C)(C)C)COc2cccc3c2CCC(=O)N3)cn1)C(=O)O. The quantitative estimate of drug-likeness (QED) is 0.293. The first-order valence-electron chi connectivity index (χ1n) is 12.4. The Morgan fingerprint density at radius 3 is 2.76 bits per heavy atom. The van der Waals surface area contributed by atoms with Crippen LogP contribution in [-0.2, 0) is 38.5 Å². The number of aromatic nitrogens is 2. The molecule has 0 bridgehead atoms. The minimum Gasteiger partial charge on any atom is -0.489 e. The fourth-order valence-corrected chi connectivity index (χ4v) is 3.89. The zero-order valence-electron chi connectivity index (χ0n) is 21.9. The number of imidazole rings is 1. The largest absolute Gasteiger partial charge is 0.489 e. The zero-order chi connectivity index (χ0) is 27.0. The number of nitrogens with zero attached hydrogens (tertiary/aromatic N) is 2. The van der Waals surface area contributed by atoms with Crippen molar-refractivity contribution in [1.29, 1.82) is 0 Å². The van der Waals surface area contributed by atoms with Gasteiger partial charge in [0.1, 0.15) is 24.5 Å². The van der Waals surface area contributed by atoms with Crippen molar-refractivity contribution in [2.45, 2.75) is 70.7 Å². The van der Waals surface area contributed by atoms with Crippen molar-refractivity contribution >= 4 is 23.5 Å². The Bertz CT molecular complexity index is 1090. The van der Waals surface area contributed by atoms with E-state index in [9.17, 15) is 19.5 Å². The van der Waals surface area contributed by atoms with Gasteiger partial charge in [0, 0.05) is 48.9 Å². The van der Waals surface area contributed by atoms with Crippen LogP contribution in [0.4, 0.5) is 5.69 Å². The molecule has 0 radical (unpaired) electrons. The van der Waals surface area contributed by atoms with Gasteiger partial charge in [-0.1, -0.05) is 6.07 Å². The summed E-state index contributed by atoms with van der Waals surface area (Å²) in [6, 6.07) is 4.80. The van der Waals surface area contributed by atoms with E-state index in [2.05, 4.69) is 20.9 Å². The van der Waals surface area contributed by atoms with E-state index in [0.717, 1.165) is 11.3 Å². The summed E-state index contributed by atoms with van der Waals surface area (Å²) < 4.78 is 13.6. The number of esters is 1. The van der Waals surface area contributed by atoms with Crippen LogP contribution in [0.25, 0.3) is 0 Å². The van der Waals surface area contributed by atoms with Gasteiger partial charge < -0.3 is 35.1 Å². The molecule has 202 valence electrons. The molecule has 0 fully saturated rings. The van der Waals surface area contributed by atoms with Gasteiger partial charge in [-0.2, -0.15) is 0 Å². The van der Waals surface area contributed by atoms with Gasteiger partial charge in [0.2, 0.25) is 5.91 Å². The van der Waals surface area contributed by atoms with E-state index in [1.165, 1.54) is 0 Å². The summed E-state index contributed by atoms with van der Waals surface area (Å²) in [4.78, 5) is 39.8. The van der Waals surface area contributed by atoms with E-state index < -0.39 is 18.1 Å². The molecule has 11 heteroatoms. The lowest BCUT2D eigenvalue weighted by molar-refractivity contribution is -0.150. The number of ether oxygens (including phenoxy) is 2. The molecular weight excluding hydrogens is 478 g/mol. The Balaban J connectivity index is 1.56. The maximum atomic E-state index is 12.7. The number of nitrogens with one attached hydrogen (secondary N) is 3. The maximum Gasteiger partial charge on any atom is 0.321 e. The summed E-state index contributed by atoms with van der Waals surface area (Å²) in [6.07, 6.45) is 4.16. The number of benzene rings is 1. The third-order valence-corrected chi connectivity index (χ3v) is 5.91. The molecule has 2 heterocycles. The van der Waals surface area contributed by atoms with E-state index in [1.807, 2.05) is 39.0 Å². The highest BCUT2D eigenvalue weighted by Gasteiger charge is 2.22. The Morgan fingerprint density at radius 1 is 1.27 bits per heavy atom. The topological polar surface area (TPSA) is 144 Å². The average molecular weight is 516 g/mol. The second-order valence-corrected chi connectivity index (χ2v) is 10.1. The standard InChI is InChI=1S/C26H37N5O6/c1-26(2,3)29-13-18(15-36-22-7-5-6-20-19(22)8-9-23(32)30-20)37-24(33)10-11-31-14-17(28-16-31)12-21(27-4)25(34)35/h5-7,14,16,18,21,27,29H,8-13,15H2,1-4H3,(H,30,32)(H,34,35). The number of amides is 1. The second kappa shape index (κ2) is 12.7. The van der Waals surface area contributed by atoms with Gasteiger partial charge in [0.25, 0.3) is 0 Å². The molecule has 0 aliphatic carbocycles. The molecule has 1 aliphatic heterocycles. The number of aryl methyl sites for hydroxylation is 1. The highest BCUT2D eigenvalue weighted by molar-refractivity contribution is 5.94. The van der Waals surface area contributed by atoms with E-state index in [4.69, 9.17) is 9.47 Å². The minimum atomic E-state index is -0.946. The summed E-state index contributed by atoms with van der Waals surface area (Å²) in [7, 11) is 1.59. The lowest BCUT2D eigenvalue weighted by Gasteiger charge is -2.26. The number of fused-ring (bicyclic) bond motifs is 1. The van der Waals surface area contributed by atoms with Crippen LogP contribution >= 0.6 is 0 Å². The van der Waals surface area contributed by atoms with Gasteiger partial charge in [-0.25, -0.2) is 4.98 Å². The van der Waals surface area contributed by atoms with Gasteiger partial charge >= 0.3 is 11.9 Å². The molecule has 11 nitrogen and oxygen atoms in total. The first kappa shape index (κ1) is 28.1. The first-order valence-corrected chi connectivity index (χ1v) is 12.4. The number of likely N-dealkylation sites (N-methyl/N-ethyl adjacent to an activating group) is 1. The van der Waals surface area contributed by atoms with Gasteiger partial charge in [-0.15, -0.1) is 0 Å². The monoisotopic (exact) mass is 515 g/mol. The number of rotatable bonds is 13. The van der Waals surface area contributed by atoms with E-state index in [0.29, 0.717) is 37.4 Å². The second-order valence-electron chi connectivity index (χ2n) is 10.1. The van der Waals surface area contributed by atoms with Gasteiger partial charge in [0.05, 0.1) is 18.4 Å². The lowest BCUT2D eigenvalue weighted by Crippen LogP contribution is -2.44. The van der Waals surface area contributed by atoms with Crippen LogP contribution in [-0.4, -0.2) is 70.4 Å². The summed E-state index contributed by atoms with van der Waals surface area (Å²) in [5, 5.41) is 18.1. The first-order chi connectivity index (χ1) is 17.5. The molecule has 0 saturated heterocycles. The number of aliphatic carboxylic acids is 1. The van der Waals surface area contributed by atoms with Crippen molar-refractivity contribution in [2.24, 2.45) is 0 Å². The van der Waals surface area contributed by atoms with E-state index in [1.54, 1.807) is 24.1 Å². The zero-order valence-corrected chi connectivity index (χ0v) is 21.9. The molecule has 2 aromatic rings.